The molecule has 0 fully saturated rings. The van der Waals surface area contributed by atoms with Gasteiger partial charge in [0, 0.05) is 25.0 Å². The molecule has 5 nitrogen and oxygen atoms in total. The molecule has 0 saturated heterocycles. The summed E-state index contributed by atoms with van der Waals surface area (Å²) in [5.74, 6) is -0.745. The van der Waals surface area contributed by atoms with E-state index >= 15 is 0 Å². The van der Waals surface area contributed by atoms with E-state index in [4.69, 9.17) is 22.3 Å². The van der Waals surface area contributed by atoms with Crippen LogP contribution < -0.4 is 17.2 Å². The van der Waals surface area contributed by atoms with Crippen LogP contribution in [0.3, 0.4) is 0 Å². The van der Waals surface area contributed by atoms with Crippen molar-refractivity contribution in [2.45, 2.75) is 32.2 Å². The van der Waals surface area contributed by atoms with Gasteiger partial charge >= 0.3 is 5.97 Å². The fraction of sp³-hybridized carbons (Fsp3) is 0.875. The van der Waals surface area contributed by atoms with Crippen molar-refractivity contribution in [2.75, 3.05) is 13.1 Å². The summed E-state index contributed by atoms with van der Waals surface area (Å²) in [4.78, 5) is 9.37. The van der Waals surface area contributed by atoms with Crippen LogP contribution in [0.1, 0.15) is 26.7 Å². The van der Waals surface area contributed by atoms with Crippen LogP contribution in [0.2, 0.25) is 0 Å². The molecule has 7 N–H and O–H groups in total. The van der Waals surface area contributed by atoms with Crippen LogP contribution in [0, 0.1) is 0 Å². The van der Waals surface area contributed by atoms with Crippen LogP contribution in [-0.2, 0) is 4.79 Å². The van der Waals surface area contributed by atoms with Crippen LogP contribution in [0.5, 0.6) is 0 Å². The third kappa shape index (κ3) is 9.26. The predicted octanol–water partition coefficient (Wildman–Crippen LogP) is -0.508. The second-order valence-corrected chi connectivity index (χ2v) is 2.87. The Morgan fingerprint density at radius 1 is 1.31 bits per heavy atom. The van der Waals surface area contributed by atoms with E-state index in [2.05, 4.69) is 0 Å². The zero-order valence-corrected chi connectivity index (χ0v) is 8.42. The highest BCUT2D eigenvalue weighted by Crippen LogP contribution is 1.98. The highest BCUT2D eigenvalue weighted by Gasteiger charge is 2.16. The molecule has 0 unspecified atom stereocenters. The molecule has 5 heteroatoms. The van der Waals surface area contributed by atoms with Crippen molar-refractivity contribution < 1.29 is 9.90 Å². The number of aliphatic carboxylic acids is 1. The smallest absolute Gasteiger partial charge is 0.303 e. The molecule has 0 bridgehead atoms. The first-order chi connectivity index (χ1) is 5.95. The van der Waals surface area contributed by atoms with E-state index in [0.717, 1.165) is 6.42 Å². The van der Waals surface area contributed by atoms with Crippen LogP contribution in [0.25, 0.3) is 0 Å². The molecule has 13 heavy (non-hydrogen) atoms. The zero-order valence-electron chi connectivity index (χ0n) is 8.42. The van der Waals surface area contributed by atoms with E-state index in [1.54, 1.807) is 6.92 Å². The Bertz CT molecular complexity index is 127. The first kappa shape index (κ1) is 14.9. The van der Waals surface area contributed by atoms with Gasteiger partial charge < -0.3 is 22.3 Å². The second kappa shape index (κ2) is 7.97. The first-order valence-corrected chi connectivity index (χ1v) is 4.36. The molecule has 0 saturated carbocycles. The summed E-state index contributed by atoms with van der Waals surface area (Å²) in [6, 6.07) is 0. The Balaban J connectivity index is 0. The van der Waals surface area contributed by atoms with Gasteiger partial charge in [0.15, 0.2) is 0 Å². The van der Waals surface area contributed by atoms with Gasteiger partial charge in [0.05, 0.1) is 0 Å². The number of carbonyl (C=O) groups is 1. The predicted molar refractivity (Wildman–Crippen MR) is 53.2 cm³/mol. The van der Waals surface area contributed by atoms with Gasteiger partial charge in [-0.05, 0) is 6.42 Å². The number of hydrogen-bond donors (Lipinski definition) is 4. The molecule has 0 atom stereocenters. The van der Waals surface area contributed by atoms with Gasteiger partial charge in [-0.3, -0.25) is 4.79 Å². The van der Waals surface area contributed by atoms with Crippen molar-refractivity contribution in [3.05, 3.63) is 0 Å². The van der Waals surface area contributed by atoms with Crippen molar-refractivity contribution in [2.24, 2.45) is 17.2 Å². The molecule has 80 valence electrons. The van der Waals surface area contributed by atoms with E-state index in [0.29, 0.717) is 13.1 Å². The summed E-state index contributed by atoms with van der Waals surface area (Å²) in [5, 5.41) is 7.72. The minimum absolute atomic E-state index is 0.222. The molecular formula is C8H21N3O2. The molecule has 0 radical (unpaired) electrons. The van der Waals surface area contributed by atoms with Gasteiger partial charge in [-0.15, -0.1) is 0 Å². The molecule has 0 rings (SSSR count). The minimum atomic E-state index is -0.745. The quantitative estimate of drug-likeness (QED) is 0.478. The van der Waals surface area contributed by atoms with Crippen molar-refractivity contribution in [3.8, 4) is 0 Å². The number of carboxylic acid groups (broad SMARTS) is 1. The summed E-state index contributed by atoms with van der Waals surface area (Å²) in [6.45, 7) is 4.53. The topological polar surface area (TPSA) is 115 Å². The summed E-state index contributed by atoms with van der Waals surface area (Å²) in [5.41, 5.74) is 16.0. The zero-order chi connectivity index (χ0) is 10.9. The molecule has 0 aromatic heterocycles. The summed E-state index contributed by atoms with van der Waals surface area (Å²) in [6.07, 6.45) is 1.07. The molecule has 0 heterocycles. The number of rotatable bonds is 4. The first-order valence-electron chi connectivity index (χ1n) is 4.36. The van der Waals surface area contributed by atoms with Gasteiger partial charge in [-0.25, -0.2) is 0 Å². The van der Waals surface area contributed by atoms with Gasteiger partial charge in [0.2, 0.25) is 0 Å². The Labute approximate surface area is 79.3 Å². The molecule has 0 aromatic carbocycles. The lowest BCUT2D eigenvalue weighted by molar-refractivity contribution is -0.136. The standard InChI is InChI=1S/C5H15N3.C3H6O2/c1-2-5(8,3-6)4-7;1-2-3(4)5/h2-4,6-8H2,1H3;2H2,1H3,(H,4,5). The largest absolute Gasteiger partial charge is 0.481 e. The Morgan fingerprint density at radius 3 is 1.62 bits per heavy atom. The summed E-state index contributed by atoms with van der Waals surface area (Å²) in [7, 11) is 0. The Hall–Kier alpha value is -0.650. The third-order valence-electron chi connectivity index (χ3n) is 1.82. The molecule has 0 aliphatic rings. The average molecular weight is 191 g/mol. The average Bonchev–Trinajstić information content (AvgIpc) is 2.17. The molecule has 0 aromatic rings. The lowest BCUT2D eigenvalue weighted by Crippen LogP contribution is -2.52. The number of nitrogens with two attached hydrogens (primary N) is 3. The molecule has 0 aliphatic carbocycles. The molecule has 0 aliphatic heterocycles. The number of carboxylic acids is 1. The molecule has 0 amide bonds. The van der Waals surface area contributed by atoms with Crippen LogP contribution in [0.15, 0.2) is 0 Å². The molecule has 0 spiro atoms. The van der Waals surface area contributed by atoms with E-state index in [-0.39, 0.29) is 12.0 Å². The van der Waals surface area contributed by atoms with Crippen LogP contribution in [0.4, 0.5) is 0 Å². The van der Waals surface area contributed by atoms with E-state index < -0.39 is 5.97 Å². The van der Waals surface area contributed by atoms with Crippen LogP contribution >= 0.6 is 0 Å². The van der Waals surface area contributed by atoms with E-state index in [9.17, 15) is 4.79 Å². The minimum Gasteiger partial charge on any atom is -0.481 e. The lowest BCUT2D eigenvalue weighted by Gasteiger charge is -2.23. The summed E-state index contributed by atoms with van der Waals surface area (Å²) >= 11 is 0. The highest BCUT2D eigenvalue weighted by atomic mass is 16.4. The fourth-order valence-electron chi connectivity index (χ4n) is 0.372. The Morgan fingerprint density at radius 2 is 1.62 bits per heavy atom. The second-order valence-electron chi connectivity index (χ2n) is 2.87. The molecular weight excluding hydrogens is 170 g/mol. The lowest BCUT2D eigenvalue weighted by atomic mass is 9.99. The normalized spacial score (nSPS) is 10.2. The maximum atomic E-state index is 9.37. The van der Waals surface area contributed by atoms with Crippen molar-refractivity contribution in [1.82, 2.24) is 0 Å². The van der Waals surface area contributed by atoms with Crippen molar-refractivity contribution >= 4 is 5.97 Å². The van der Waals surface area contributed by atoms with Crippen molar-refractivity contribution in [1.29, 1.82) is 0 Å². The SMILES string of the molecule is CCC(=O)O.CCC(N)(CN)CN. The third-order valence-corrected chi connectivity index (χ3v) is 1.82. The summed E-state index contributed by atoms with van der Waals surface area (Å²) < 4.78 is 0. The van der Waals surface area contributed by atoms with Crippen LogP contribution in [-0.4, -0.2) is 29.7 Å². The fourth-order valence-corrected chi connectivity index (χ4v) is 0.372. The van der Waals surface area contributed by atoms with Gasteiger partial charge in [-0.2, -0.15) is 0 Å². The maximum Gasteiger partial charge on any atom is 0.303 e. The monoisotopic (exact) mass is 191 g/mol. The number of hydrogen-bond acceptors (Lipinski definition) is 4. The Kier molecular flexibility index (Phi) is 9.11. The van der Waals surface area contributed by atoms with E-state index in [1.807, 2.05) is 6.92 Å². The van der Waals surface area contributed by atoms with Crippen molar-refractivity contribution in [3.63, 3.8) is 0 Å². The van der Waals surface area contributed by atoms with E-state index in [1.165, 1.54) is 0 Å². The highest BCUT2D eigenvalue weighted by molar-refractivity contribution is 5.66. The van der Waals surface area contributed by atoms with Gasteiger partial charge in [0.1, 0.15) is 0 Å². The van der Waals surface area contributed by atoms with Gasteiger partial charge in [-0.1, -0.05) is 13.8 Å². The van der Waals surface area contributed by atoms with Gasteiger partial charge in [0.25, 0.3) is 0 Å². The maximum absolute atomic E-state index is 9.37.